The van der Waals surface area contributed by atoms with E-state index in [1.807, 2.05) is 13.2 Å². The SMILES string of the molecule is Cc1nn(CC2CC2)cc1Cc1cnn(C)n1. The minimum absolute atomic E-state index is 0.824. The molecule has 1 aliphatic carbocycles. The molecule has 0 atom stereocenters. The lowest BCUT2D eigenvalue weighted by atomic mass is 10.1. The Kier molecular flexibility index (Phi) is 2.46. The molecule has 90 valence electrons. The van der Waals surface area contributed by atoms with Crippen molar-refractivity contribution in [2.24, 2.45) is 13.0 Å². The van der Waals surface area contributed by atoms with E-state index in [0.29, 0.717) is 0 Å². The second-order valence-corrected chi connectivity index (χ2v) is 4.91. The molecule has 17 heavy (non-hydrogen) atoms. The number of aryl methyl sites for hydroxylation is 2. The molecule has 0 aliphatic heterocycles. The van der Waals surface area contributed by atoms with Gasteiger partial charge in [-0.2, -0.15) is 20.1 Å². The molecule has 2 aromatic heterocycles. The lowest BCUT2D eigenvalue weighted by Gasteiger charge is -1.96. The molecule has 2 aromatic rings. The van der Waals surface area contributed by atoms with Crippen LogP contribution in [0.5, 0.6) is 0 Å². The molecule has 0 spiro atoms. The van der Waals surface area contributed by atoms with Crippen LogP contribution in [0.25, 0.3) is 0 Å². The molecule has 0 unspecified atom stereocenters. The van der Waals surface area contributed by atoms with Crippen LogP contribution in [0.1, 0.15) is 29.8 Å². The summed E-state index contributed by atoms with van der Waals surface area (Å²) in [6.45, 7) is 3.14. The number of rotatable bonds is 4. The van der Waals surface area contributed by atoms with Crippen molar-refractivity contribution in [1.82, 2.24) is 24.8 Å². The Morgan fingerprint density at radius 2 is 2.18 bits per heavy atom. The molecule has 0 aromatic carbocycles. The number of hydrogen-bond donors (Lipinski definition) is 0. The summed E-state index contributed by atoms with van der Waals surface area (Å²) in [6, 6.07) is 0. The topological polar surface area (TPSA) is 48.5 Å². The molecule has 2 heterocycles. The molecule has 5 heteroatoms. The summed E-state index contributed by atoms with van der Waals surface area (Å²) in [5.41, 5.74) is 3.36. The average Bonchev–Trinajstić information content (AvgIpc) is 2.89. The van der Waals surface area contributed by atoms with Gasteiger partial charge in [-0.05, 0) is 31.2 Å². The summed E-state index contributed by atoms with van der Waals surface area (Å²) >= 11 is 0. The Hall–Kier alpha value is -1.65. The van der Waals surface area contributed by atoms with Gasteiger partial charge in [0.15, 0.2) is 0 Å². The number of nitrogens with zero attached hydrogens (tertiary/aromatic N) is 5. The van der Waals surface area contributed by atoms with Gasteiger partial charge >= 0.3 is 0 Å². The Bertz CT molecular complexity index is 521. The molecule has 0 amide bonds. The van der Waals surface area contributed by atoms with E-state index in [0.717, 1.165) is 30.3 Å². The van der Waals surface area contributed by atoms with Gasteiger partial charge in [0.2, 0.25) is 0 Å². The molecule has 1 aliphatic rings. The van der Waals surface area contributed by atoms with E-state index in [9.17, 15) is 0 Å². The maximum atomic E-state index is 4.56. The van der Waals surface area contributed by atoms with Gasteiger partial charge in [-0.15, -0.1) is 0 Å². The molecular weight excluding hydrogens is 214 g/mol. The van der Waals surface area contributed by atoms with Crippen molar-refractivity contribution in [3.63, 3.8) is 0 Å². The highest BCUT2D eigenvalue weighted by Crippen LogP contribution is 2.30. The average molecular weight is 231 g/mol. The first-order valence-electron chi connectivity index (χ1n) is 6.09. The highest BCUT2D eigenvalue weighted by Gasteiger charge is 2.22. The van der Waals surface area contributed by atoms with Crippen molar-refractivity contribution in [3.05, 3.63) is 29.3 Å². The van der Waals surface area contributed by atoms with Crippen LogP contribution in [0, 0.1) is 12.8 Å². The van der Waals surface area contributed by atoms with Crippen molar-refractivity contribution in [1.29, 1.82) is 0 Å². The minimum Gasteiger partial charge on any atom is -0.272 e. The van der Waals surface area contributed by atoms with Gasteiger partial charge in [0.1, 0.15) is 0 Å². The quantitative estimate of drug-likeness (QED) is 0.797. The van der Waals surface area contributed by atoms with E-state index in [4.69, 9.17) is 0 Å². The maximum Gasteiger partial charge on any atom is 0.0872 e. The summed E-state index contributed by atoms with van der Waals surface area (Å²) in [7, 11) is 1.84. The molecular formula is C12H17N5. The monoisotopic (exact) mass is 231 g/mol. The van der Waals surface area contributed by atoms with E-state index in [1.165, 1.54) is 18.4 Å². The van der Waals surface area contributed by atoms with Gasteiger partial charge in [0.25, 0.3) is 0 Å². The van der Waals surface area contributed by atoms with Gasteiger partial charge in [0.05, 0.1) is 17.6 Å². The first kappa shape index (κ1) is 10.5. The third-order valence-electron chi connectivity index (χ3n) is 3.21. The summed E-state index contributed by atoms with van der Waals surface area (Å²) in [4.78, 5) is 1.60. The molecule has 0 radical (unpaired) electrons. The second-order valence-electron chi connectivity index (χ2n) is 4.91. The predicted molar refractivity (Wildman–Crippen MR) is 63.5 cm³/mol. The van der Waals surface area contributed by atoms with Gasteiger partial charge < -0.3 is 0 Å². The van der Waals surface area contributed by atoms with E-state index >= 15 is 0 Å². The fourth-order valence-electron chi connectivity index (χ4n) is 2.05. The van der Waals surface area contributed by atoms with Crippen LogP contribution in [-0.4, -0.2) is 24.8 Å². The van der Waals surface area contributed by atoms with Crippen LogP contribution in [-0.2, 0) is 20.0 Å². The van der Waals surface area contributed by atoms with Crippen LogP contribution in [0.4, 0.5) is 0 Å². The summed E-state index contributed by atoms with van der Waals surface area (Å²) < 4.78 is 2.08. The highest BCUT2D eigenvalue weighted by atomic mass is 15.4. The van der Waals surface area contributed by atoms with E-state index < -0.39 is 0 Å². The Labute approximate surface area is 100 Å². The van der Waals surface area contributed by atoms with Gasteiger partial charge in [-0.3, -0.25) is 4.68 Å². The lowest BCUT2D eigenvalue weighted by molar-refractivity contribution is 0.559. The van der Waals surface area contributed by atoms with Crippen LogP contribution >= 0.6 is 0 Å². The van der Waals surface area contributed by atoms with E-state index in [-0.39, 0.29) is 0 Å². The van der Waals surface area contributed by atoms with Gasteiger partial charge in [-0.1, -0.05) is 0 Å². The van der Waals surface area contributed by atoms with Crippen LogP contribution in [0.2, 0.25) is 0 Å². The maximum absolute atomic E-state index is 4.56. The largest absolute Gasteiger partial charge is 0.272 e. The van der Waals surface area contributed by atoms with Crippen molar-refractivity contribution in [3.8, 4) is 0 Å². The van der Waals surface area contributed by atoms with Crippen LogP contribution < -0.4 is 0 Å². The minimum atomic E-state index is 0.824. The summed E-state index contributed by atoms with van der Waals surface area (Å²) in [5.74, 6) is 0.860. The van der Waals surface area contributed by atoms with Gasteiger partial charge in [0, 0.05) is 26.2 Å². The first-order chi connectivity index (χ1) is 8.20. The zero-order valence-corrected chi connectivity index (χ0v) is 10.3. The normalized spacial score (nSPS) is 15.4. The Balaban J connectivity index is 1.75. The summed E-state index contributed by atoms with van der Waals surface area (Å²) in [5, 5.41) is 12.9. The molecule has 1 fully saturated rings. The standard InChI is InChI=1S/C12H17N5/c1-9-11(5-12-6-13-16(2)15-12)8-17(14-9)7-10-3-4-10/h6,8,10H,3-5,7H2,1-2H3. The van der Waals surface area contributed by atoms with Crippen molar-refractivity contribution in [2.75, 3.05) is 0 Å². The van der Waals surface area contributed by atoms with Crippen LogP contribution in [0.3, 0.4) is 0 Å². The lowest BCUT2D eigenvalue weighted by Crippen LogP contribution is -1.99. The summed E-state index contributed by atoms with van der Waals surface area (Å²) in [6.07, 6.45) is 7.52. The zero-order chi connectivity index (χ0) is 11.8. The molecule has 0 N–H and O–H groups in total. The van der Waals surface area contributed by atoms with E-state index in [2.05, 4.69) is 33.1 Å². The van der Waals surface area contributed by atoms with Crippen LogP contribution in [0.15, 0.2) is 12.4 Å². The second kappa shape index (κ2) is 3.98. The first-order valence-corrected chi connectivity index (χ1v) is 6.09. The molecule has 0 saturated heterocycles. The Morgan fingerprint density at radius 1 is 1.35 bits per heavy atom. The van der Waals surface area contributed by atoms with E-state index in [1.54, 1.807) is 4.80 Å². The smallest absolute Gasteiger partial charge is 0.0872 e. The molecule has 0 bridgehead atoms. The molecule has 3 rings (SSSR count). The van der Waals surface area contributed by atoms with Crippen molar-refractivity contribution in [2.45, 2.75) is 32.7 Å². The number of aromatic nitrogens is 5. The van der Waals surface area contributed by atoms with Gasteiger partial charge in [-0.25, -0.2) is 0 Å². The predicted octanol–water partition coefficient (Wildman–Crippen LogP) is 1.32. The molecule has 5 nitrogen and oxygen atoms in total. The van der Waals surface area contributed by atoms with Crippen molar-refractivity contribution >= 4 is 0 Å². The number of hydrogen-bond acceptors (Lipinski definition) is 3. The Morgan fingerprint density at radius 3 is 2.82 bits per heavy atom. The van der Waals surface area contributed by atoms with Crippen molar-refractivity contribution < 1.29 is 0 Å². The molecule has 1 saturated carbocycles. The third kappa shape index (κ3) is 2.38. The fourth-order valence-corrected chi connectivity index (χ4v) is 2.05. The third-order valence-corrected chi connectivity index (χ3v) is 3.21. The zero-order valence-electron chi connectivity index (χ0n) is 10.3. The highest BCUT2D eigenvalue weighted by molar-refractivity contribution is 5.21. The fraction of sp³-hybridized carbons (Fsp3) is 0.583.